The van der Waals surface area contributed by atoms with Crippen molar-refractivity contribution in [1.82, 2.24) is 9.97 Å². The number of hydrogen-bond acceptors (Lipinski definition) is 4. The molecule has 5 nitrogen and oxygen atoms in total. The van der Waals surface area contributed by atoms with E-state index in [0.717, 1.165) is 6.92 Å². The SMILES string of the molecule is CC(=O)N(Cl)c1nc(O)cc(C(F)(F)F)n1. The molecule has 9 heteroatoms. The number of carbonyl (C=O) groups is 1. The number of aromatic hydroxyl groups is 1. The number of alkyl halides is 3. The van der Waals surface area contributed by atoms with E-state index in [1.54, 1.807) is 0 Å². The number of amides is 1. The van der Waals surface area contributed by atoms with E-state index in [4.69, 9.17) is 16.9 Å². The highest BCUT2D eigenvalue weighted by Gasteiger charge is 2.34. The van der Waals surface area contributed by atoms with Gasteiger partial charge < -0.3 is 5.11 Å². The molecule has 0 aliphatic rings. The fraction of sp³-hybridized carbons (Fsp3) is 0.286. The number of nitrogens with zero attached hydrogens (tertiary/aromatic N) is 3. The molecule has 0 saturated carbocycles. The van der Waals surface area contributed by atoms with Crippen molar-refractivity contribution in [2.75, 3.05) is 4.42 Å². The van der Waals surface area contributed by atoms with Crippen molar-refractivity contribution in [1.29, 1.82) is 0 Å². The Balaban J connectivity index is 3.23. The summed E-state index contributed by atoms with van der Waals surface area (Å²) in [5.41, 5.74) is -1.39. The molecule has 0 aliphatic heterocycles. The van der Waals surface area contributed by atoms with Crippen LogP contribution in [0.1, 0.15) is 12.6 Å². The molecule has 0 bridgehead atoms. The zero-order chi connectivity index (χ0) is 12.5. The minimum atomic E-state index is -4.76. The number of carbonyl (C=O) groups excluding carboxylic acids is 1. The lowest BCUT2D eigenvalue weighted by atomic mass is 10.4. The lowest BCUT2D eigenvalue weighted by Gasteiger charge is -2.12. The summed E-state index contributed by atoms with van der Waals surface area (Å²) < 4.78 is 37.1. The smallest absolute Gasteiger partial charge is 0.433 e. The molecule has 0 aromatic carbocycles. The summed E-state index contributed by atoms with van der Waals surface area (Å²) in [6, 6.07) is 0.328. The number of aromatic nitrogens is 2. The average Bonchev–Trinajstić information content (AvgIpc) is 2.14. The summed E-state index contributed by atoms with van der Waals surface area (Å²) in [4.78, 5) is 17.0. The molecule has 0 unspecified atom stereocenters. The molecule has 0 saturated heterocycles. The number of halogens is 4. The van der Waals surface area contributed by atoms with Gasteiger partial charge in [-0.05, 0) is 0 Å². The molecule has 1 N–H and O–H groups in total. The van der Waals surface area contributed by atoms with E-state index in [0.29, 0.717) is 6.07 Å². The molecule has 88 valence electrons. The monoisotopic (exact) mass is 255 g/mol. The van der Waals surface area contributed by atoms with Gasteiger partial charge in [0, 0.05) is 24.8 Å². The van der Waals surface area contributed by atoms with Gasteiger partial charge in [0.2, 0.25) is 11.8 Å². The first-order valence-corrected chi connectivity index (χ1v) is 4.17. The topological polar surface area (TPSA) is 66.3 Å². The maximum atomic E-state index is 12.3. The van der Waals surface area contributed by atoms with Crippen LogP contribution < -0.4 is 4.42 Å². The second-order valence-corrected chi connectivity index (χ2v) is 3.05. The van der Waals surface area contributed by atoms with Crippen LogP contribution in [0.2, 0.25) is 0 Å². The Morgan fingerprint density at radius 2 is 2.06 bits per heavy atom. The van der Waals surface area contributed by atoms with Gasteiger partial charge in [0.25, 0.3) is 5.95 Å². The third-order valence-corrected chi connectivity index (χ3v) is 1.83. The van der Waals surface area contributed by atoms with Gasteiger partial charge in [0.15, 0.2) is 5.69 Å². The molecule has 16 heavy (non-hydrogen) atoms. The van der Waals surface area contributed by atoms with Gasteiger partial charge in [-0.15, -0.1) is 0 Å². The highest BCUT2D eigenvalue weighted by molar-refractivity contribution is 6.35. The maximum absolute atomic E-state index is 12.3. The predicted molar refractivity (Wildman–Crippen MR) is 47.7 cm³/mol. The maximum Gasteiger partial charge on any atom is 0.433 e. The van der Waals surface area contributed by atoms with Crippen LogP contribution in [0, 0.1) is 0 Å². The van der Waals surface area contributed by atoms with E-state index >= 15 is 0 Å². The molecule has 0 radical (unpaired) electrons. The first-order valence-electron chi connectivity index (χ1n) is 3.83. The largest absolute Gasteiger partial charge is 0.493 e. The van der Waals surface area contributed by atoms with Gasteiger partial charge in [0.1, 0.15) is 0 Å². The summed E-state index contributed by atoms with van der Waals surface area (Å²) >= 11 is 5.32. The van der Waals surface area contributed by atoms with Crippen LogP contribution in [0.4, 0.5) is 19.1 Å². The van der Waals surface area contributed by atoms with Crippen LogP contribution in [0.5, 0.6) is 5.88 Å². The molecule has 1 amide bonds. The second-order valence-electron chi connectivity index (χ2n) is 2.71. The molecule has 0 fully saturated rings. The summed E-state index contributed by atoms with van der Waals surface area (Å²) in [5.74, 6) is -2.44. The normalized spacial score (nSPS) is 11.3. The molecule has 1 aromatic heterocycles. The fourth-order valence-electron chi connectivity index (χ4n) is 0.796. The van der Waals surface area contributed by atoms with E-state index in [-0.39, 0.29) is 4.42 Å². The van der Waals surface area contributed by atoms with Crippen molar-refractivity contribution in [2.24, 2.45) is 0 Å². The van der Waals surface area contributed by atoms with Gasteiger partial charge >= 0.3 is 6.18 Å². The Morgan fingerprint density at radius 3 is 2.50 bits per heavy atom. The minimum absolute atomic E-state index is 0.273. The van der Waals surface area contributed by atoms with Crippen molar-refractivity contribution < 1.29 is 23.1 Å². The zero-order valence-electron chi connectivity index (χ0n) is 7.79. The number of hydrogen-bond donors (Lipinski definition) is 1. The van der Waals surface area contributed by atoms with E-state index < -0.39 is 29.6 Å². The standard InChI is InChI=1S/C7H5ClF3N3O2/c1-3(15)14(8)6-12-4(7(9,10)11)2-5(16)13-6/h2H,1H3,(H,12,13,16). The van der Waals surface area contributed by atoms with Crippen molar-refractivity contribution in [3.63, 3.8) is 0 Å². The predicted octanol–water partition coefficient (Wildman–Crippen LogP) is 1.71. The second kappa shape index (κ2) is 4.12. The summed E-state index contributed by atoms with van der Waals surface area (Å²) in [6.07, 6.45) is -4.76. The summed E-state index contributed by atoms with van der Waals surface area (Å²) in [7, 11) is 0. The Bertz CT molecular complexity index is 424. The third kappa shape index (κ3) is 2.72. The number of anilines is 1. The van der Waals surface area contributed by atoms with Gasteiger partial charge in [0.05, 0.1) is 0 Å². The van der Waals surface area contributed by atoms with Crippen LogP contribution in [-0.2, 0) is 11.0 Å². The van der Waals surface area contributed by atoms with Crippen molar-refractivity contribution in [2.45, 2.75) is 13.1 Å². The first-order chi connectivity index (χ1) is 7.21. The highest BCUT2D eigenvalue weighted by Crippen LogP contribution is 2.30. The molecule has 0 spiro atoms. The van der Waals surface area contributed by atoms with E-state index in [2.05, 4.69) is 9.97 Å². The van der Waals surface area contributed by atoms with Crippen molar-refractivity contribution in [3.05, 3.63) is 11.8 Å². The van der Waals surface area contributed by atoms with Gasteiger partial charge in [-0.1, -0.05) is 0 Å². The van der Waals surface area contributed by atoms with Crippen LogP contribution in [0.3, 0.4) is 0 Å². The van der Waals surface area contributed by atoms with E-state index in [9.17, 15) is 18.0 Å². The van der Waals surface area contributed by atoms with Gasteiger partial charge in [-0.3, -0.25) is 4.79 Å². The lowest BCUT2D eigenvalue weighted by molar-refractivity contribution is -0.141. The fourth-order valence-corrected chi connectivity index (χ4v) is 0.871. The van der Waals surface area contributed by atoms with E-state index in [1.165, 1.54) is 0 Å². The summed E-state index contributed by atoms with van der Waals surface area (Å²) in [6.45, 7) is 1.01. The molecular formula is C7H5ClF3N3O2. The summed E-state index contributed by atoms with van der Waals surface area (Å²) in [5, 5.41) is 8.94. The van der Waals surface area contributed by atoms with Crippen LogP contribution in [0.15, 0.2) is 6.07 Å². The number of rotatable bonds is 1. The molecule has 0 aliphatic carbocycles. The lowest BCUT2D eigenvalue weighted by Crippen LogP contribution is -2.21. The molecule has 1 heterocycles. The van der Waals surface area contributed by atoms with Crippen molar-refractivity contribution in [3.8, 4) is 5.88 Å². The van der Waals surface area contributed by atoms with Gasteiger partial charge in [-0.2, -0.15) is 22.6 Å². The first kappa shape index (κ1) is 12.5. The molecule has 1 aromatic rings. The van der Waals surface area contributed by atoms with Gasteiger partial charge in [-0.25, -0.2) is 4.98 Å². The molecular weight excluding hydrogens is 251 g/mol. The zero-order valence-corrected chi connectivity index (χ0v) is 8.54. The Kier molecular flexibility index (Phi) is 3.22. The Labute approximate surface area is 92.6 Å². The highest BCUT2D eigenvalue weighted by atomic mass is 35.5. The molecule has 1 rings (SSSR count). The third-order valence-electron chi connectivity index (χ3n) is 1.44. The van der Waals surface area contributed by atoms with Crippen molar-refractivity contribution >= 4 is 23.6 Å². The van der Waals surface area contributed by atoms with E-state index in [1.807, 2.05) is 0 Å². The quantitative estimate of drug-likeness (QED) is 0.776. The minimum Gasteiger partial charge on any atom is -0.493 e. The Hall–Kier alpha value is -1.57. The Morgan fingerprint density at radius 1 is 1.50 bits per heavy atom. The van der Waals surface area contributed by atoms with Crippen LogP contribution >= 0.6 is 11.8 Å². The average molecular weight is 256 g/mol. The van der Waals surface area contributed by atoms with Crippen LogP contribution in [0.25, 0.3) is 0 Å². The molecule has 0 atom stereocenters. The van der Waals surface area contributed by atoms with Crippen LogP contribution in [-0.4, -0.2) is 21.0 Å².